The summed E-state index contributed by atoms with van der Waals surface area (Å²) in [5.41, 5.74) is 0.766. The second-order valence-corrected chi connectivity index (χ2v) is 7.55. The summed E-state index contributed by atoms with van der Waals surface area (Å²) in [6.07, 6.45) is 1.83. The van der Waals surface area contributed by atoms with Crippen molar-refractivity contribution in [2.45, 2.75) is 37.1 Å². The zero-order chi connectivity index (χ0) is 13.4. The second-order valence-electron chi connectivity index (χ2n) is 5.12. The highest BCUT2D eigenvalue weighted by Gasteiger charge is 2.43. The molecule has 0 aromatic heterocycles. The Bertz CT molecular complexity index is 526. The molecule has 1 unspecified atom stereocenters. The van der Waals surface area contributed by atoms with Crippen LogP contribution in [0, 0.1) is 6.92 Å². The van der Waals surface area contributed by atoms with E-state index in [-0.39, 0.29) is 5.54 Å². The van der Waals surface area contributed by atoms with Gasteiger partial charge >= 0.3 is 0 Å². The highest BCUT2D eigenvalue weighted by atomic mass is 79.9. The van der Waals surface area contributed by atoms with Crippen LogP contribution in [0.1, 0.15) is 25.3 Å². The first-order chi connectivity index (χ1) is 8.40. The van der Waals surface area contributed by atoms with E-state index < -0.39 is 10.0 Å². The Balaban J connectivity index is 2.40. The van der Waals surface area contributed by atoms with Crippen LogP contribution in [0.15, 0.2) is 29.2 Å². The molecule has 18 heavy (non-hydrogen) atoms. The van der Waals surface area contributed by atoms with Crippen LogP contribution in [0.4, 0.5) is 0 Å². The maximum Gasteiger partial charge on any atom is 0.243 e. The first-order valence-electron chi connectivity index (χ1n) is 6.06. The zero-order valence-corrected chi connectivity index (χ0v) is 13.1. The van der Waals surface area contributed by atoms with Gasteiger partial charge in [0.05, 0.1) is 4.90 Å². The van der Waals surface area contributed by atoms with Crippen molar-refractivity contribution in [1.82, 2.24) is 4.31 Å². The molecule has 1 aromatic rings. The molecule has 2 rings (SSSR count). The summed E-state index contributed by atoms with van der Waals surface area (Å²) in [5, 5.41) is 0.672. The minimum absolute atomic E-state index is 0.302. The Labute approximate surface area is 117 Å². The summed E-state index contributed by atoms with van der Waals surface area (Å²) in [6.45, 7) is 4.56. The highest BCUT2D eigenvalue weighted by Crippen LogP contribution is 2.35. The SMILES string of the molecule is Cc1ccc(S(=O)(=O)N2CCCC2(C)CBr)cc1. The van der Waals surface area contributed by atoms with Gasteiger partial charge in [-0.25, -0.2) is 8.42 Å². The predicted octanol–water partition coefficient (Wildman–Crippen LogP) is 2.93. The lowest BCUT2D eigenvalue weighted by Gasteiger charge is -2.32. The fourth-order valence-corrected chi connectivity index (χ4v) is 4.97. The third kappa shape index (κ3) is 2.36. The average molecular weight is 332 g/mol. The van der Waals surface area contributed by atoms with E-state index in [0.717, 1.165) is 18.4 Å². The number of aryl methyl sites for hydroxylation is 1. The molecule has 1 fully saturated rings. The van der Waals surface area contributed by atoms with Gasteiger partial charge in [-0.1, -0.05) is 33.6 Å². The molecule has 1 aromatic carbocycles. The van der Waals surface area contributed by atoms with E-state index >= 15 is 0 Å². The Morgan fingerprint density at radius 2 is 1.94 bits per heavy atom. The lowest BCUT2D eigenvalue weighted by Crippen LogP contribution is -2.46. The number of hydrogen-bond acceptors (Lipinski definition) is 2. The minimum atomic E-state index is -3.37. The van der Waals surface area contributed by atoms with Crippen LogP contribution >= 0.6 is 15.9 Å². The van der Waals surface area contributed by atoms with Crippen molar-refractivity contribution in [2.75, 3.05) is 11.9 Å². The van der Waals surface area contributed by atoms with Crippen LogP contribution in [0.5, 0.6) is 0 Å². The topological polar surface area (TPSA) is 37.4 Å². The first-order valence-corrected chi connectivity index (χ1v) is 8.62. The van der Waals surface area contributed by atoms with Gasteiger partial charge in [-0.15, -0.1) is 0 Å². The maximum atomic E-state index is 12.6. The van der Waals surface area contributed by atoms with E-state index in [1.807, 2.05) is 26.0 Å². The third-order valence-electron chi connectivity index (χ3n) is 3.58. The molecule has 5 heteroatoms. The summed E-state index contributed by atoms with van der Waals surface area (Å²) in [4.78, 5) is 0.391. The molecule has 0 amide bonds. The van der Waals surface area contributed by atoms with E-state index in [4.69, 9.17) is 0 Å². The van der Waals surface area contributed by atoms with Crippen molar-refractivity contribution in [3.63, 3.8) is 0 Å². The van der Waals surface area contributed by atoms with Gasteiger partial charge in [-0.3, -0.25) is 0 Å². The zero-order valence-electron chi connectivity index (χ0n) is 10.7. The second kappa shape index (κ2) is 4.94. The molecular weight excluding hydrogens is 314 g/mol. The van der Waals surface area contributed by atoms with Gasteiger partial charge in [0.1, 0.15) is 0 Å². The summed E-state index contributed by atoms with van der Waals surface area (Å²) >= 11 is 3.44. The third-order valence-corrected chi connectivity index (χ3v) is 6.86. The van der Waals surface area contributed by atoms with Gasteiger partial charge in [0.2, 0.25) is 10.0 Å². The highest BCUT2D eigenvalue weighted by molar-refractivity contribution is 9.09. The molecule has 100 valence electrons. The Kier molecular flexibility index (Phi) is 3.85. The fourth-order valence-electron chi connectivity index (χ4n) is 2.38. The molecule has 1 aliphatic rings. The van der Waals surface area contributed by atoms with Gasteiger partial charge in [0.15, 0.2) is 0 Å². The van der Waals surface area contributed by atoms with Crippen molar-refractivity contribution in [2.24, 2.45) is 0 Å². The largest absolute Gasteiger partial charge is 0.243 e. The van der Waals surface area contributed by atoms with E-state index in [2.05, 4.69) is 15.9 Å². The van der Waals surface area contributed by atoms with Crippen molar-refractivity contribution >= 4 is 26.0 Å². The summed E-state index contributed by atoms with van der Waals surface area (Å²) in [6, 6.07) is 7.07. The van der Waals surface area contributed by atoms with Crippen LogP contribution in [0.25, 0.3) is 0 Å². The van der Waals surface area contributed by atoms with Crippen LogP contribution in [0.3, 0.4) is 0 Å². The van der Waals surface area contributed by atoms with E-state index in [1.165, 1.54) is 0 Å². The molecule has 0 aliphatic carbocycles. The lowest BCUT2D eigenvalue weighted by molar-refractivity contribution is 0.299. The lowest BCUT2D eigenvalue weighted by atomic mass is 10.0. The monoisotopic (exact) mass is 331 g/mol. The van der Waals surface area contributed by atoms with E-state index in [1.54, 1.807) is 16.4 Å². The van der Waals surface area contributed by atoms with Gasteiger partial charge in [0.25, 0.3) is 0 Å². The maximum absolute atomic E-state index is 12.6. The summed E-state index contributed by atoms with van der Waals surface area (Å²) in [5.74, 6) is 0. The number of alkyl halides is 1. The van der Waals surface area contributed by atoms with Gasteiger partial charge in [-0.2, -0.15) is 4.31 Å². The van der Waals surface area contributed by atoms with Gasteiger partial charge < -0.3 is 0 Å². The number of benzene rings is 1. The van der Waals surface area contributed by atoms with Crippen LogP contribution in [-0.4, -0.2) is 30.1 Å². The molecule has 1 aliphatic heterocycles. The molecule has 0 radical (unpaired) electrons. The fraction of sp³-hybridized carbons (Fsp3) is 0.538. The normalized spacial score (nSPS) is 25.5. The summed E-state index contributed by atoms with van der Waals surface area (Å²) in [7, 11) is -3.37. The first kappa shape index (κ1) is 14.0. The molecule has 1 saturated heterocycles. The molecule has 1 atom stereocenters. The molecule has 0 bridgehead atoms. The number of nitrogens with zero attached hydrogens (tertiary/aromatic N) is 1. The van der Waals surface area contributed by atoms with E-state index in [9.17, 15) is 8.42 Å². The van der Waals surface area contributed by atoms with Crippen molar-refractivity contribution < 1.29 is 8.42 Å². The van der Waals surface area contributed by atoms with Crippen LogP contribution < -0.4 is 0 Å². The Morgan fingerprint density at radius 1 is 1.33 bits per heavy atom. The molecule has 0 spiro atoms. The Hall–Kier alpha value is -0.390. The van der Waals surface area contributed by atoms with E-state index in [0.29, 0.717) is 16.8 Å². The Morgan fingerprint density at radius 3 is 2.50 bits per heavy atom. The number of rotatable bonds is 3. The van der Waals surface area contributed by atoms with Crippen LogP contribution in [-0.2, 0) is 10.0 Å². The molecule has 0 saturated carbocycles. The van der Waals surface area contributed by atoms with Gasteiger partial charge in [-0.05, 0) is 38.8 Å². The molecule has 3 nitrogen and oxygen atoms in total. The molecule has 1 heterocycles. The van der Waals surface area contributed by atoms with Gasteiger partial charge in [0, 0.05) is 17.4 Å². The predicted molar refractivity (Wildman–Crippen MR) is 76.5 cm³/mol. The molecule has 0 N–H and O–H groups in total. The van der Waals surface area contributed by atoms with Crippen molar-refractivity contribution in [1.29, 1.82) is 0 Å². The number of halogens is 1. The van der Waals surface area contributed by atoms with Crippen molar-refractivity contribution in [3.8, 4) is 0 Å². The quantitative estimate of drug-likeness (QED) is 0.798. The molecular formula is C13H18BrNO2S. The van der Waals surface area contributed by atoms with Crippen LogP contribution in [0.2, 0.25) is 0 Å². The summed E-state index contributed by atoms with van der Waals surface area (Å²) < 4.78 is 26.9. The average Bonchev–Trinajstić information content (AvgIpc) is 2.73. The van der Waals surface area contributed by atoms with Crippen molar-refractivity contribution in [3.05, 3.63) is 29.8 Å². The number of sulfonamides is 1. The number of hydrogen-bond donors (Lipinski definition) is 0. The standard InChI is InChI=1S/C13H18BrNO2S/c1-11-4-6-12(7-5-11)18(16,17)15-9-3-8-13(15,2)10-14/h4-7H,3,8-10H2,1-2H3. The smallest absolute Gasteiger partial charge is 0.207 e. The minimum Gasteiger partial charge on any atom is -0.207 e.